The van der Waals surface area contributed by atoms with Crippen molar-refractivity contribution in [2.75, 3.05) is 0 Å². The number of thiazole rings is 1. The molecule has 2 N–H and O–H groups in total. The van der Waals surface area contributed by atoms with E-state index in [1.54, 1.807) is 11.3 Å². The monoisotopic (exact) mass is 330 g/mol. The number of hydrogen-bond donors (Lipinski definition) is 2. The minimum Gasteiger partial charge on any atom is -0.393 e. The van der Waals surface area contributed by atoms with Crippen LogP contribution in [0.15, 0.2) is 29.8 Å². The number of benzene rings is 1. The van der Waals surface area contributed by atoms with Crippen LogP contribution in [0.5, 0.6) is 0 Å². The summed E-state index contributed by atoms with van der Waals surface area (Å²) in [6.45, 7) is 4.57. The zero-order chi connectivity index (χ0) is 16.4. The molecule has 4 nitrogen and oxygen atoms in total. The Bertz CT molecular complexity index is 681. The lowest BCUT2D eigenvalue weighted by Gasteiger charge is -2.15. The second kappa shape index (κ2) is 6.81. The van der Waals surface area contributed by atoms with Crippen molar-refractivity contribution in [2.45, 2.75) is 39.3 Å². The van der Waals surface area contributed by atoms with Gasteiger partial charge in [0.25, 0.3) is 0 Å². The van der Waals surface area contributed by atoms with Crippen molar-refractivity contribution >= 4 is 17.2 Å². The summed E-state index contributed by atoms with van der Waals surface area (Å²) in [5.74, 6) is 0.238. The van der Waals surface area contributed by atoms with Crippen LogP contribution in [0.1, 0.15) is 31.0 Å². The molecule has 5 heteroatoms. The summed E-state index contributed by atoms with van der Waals surface area (Å²) >= 11 is 1.64. The Balaban J connectivity index is 1.59. The molecule has 1 unspecified atom stereocenters. The number of carbonyl (C=O) groups excluding carboxylic acids is 1. The van der Waals surface area contributed by atoms with E-state index in [1.807, 2.05) is 31.5 Å². The van der Waals surface area contributed by atoms with Gasteiger partial charge in [-0.05, 0) is 36.8 Å². The van der Waals surface area contributed by atoms with Crippen LogP contribution in [-0.4, -0.2) is 22.1 Å². The Labute approximate surface area is 140 Å². The molecule has 0 saturated heterocycles. The topological polar surface area (TPSA) is 62.2 Å². The molecule has 1 aromatic heterocycles. The quantitative estimate of drug-likeness (QED) is 0.905. The molecule has 0 aliphatic heterocycles. The van der Waals surface area contributed by atoms with Crippen LogP contribution in [0, 0.1) is 18.8 Å². The van der Waals surface area contributed by atoms with Crippen LogP contribution in [0.4, 0.5) is 0 Å². The van der Waals surface area contributed by atoms with E-state index in [1.165, 1.54) is 4.88 Å². The Morgan fingerprint density at radius 1 is 1.35 bits per heavy atom. The van der Waals surface area contributed by atoms with E-state index in [0.29, 0.717) is 13.0 Å². The normalized spacial score (nSPS) is 23.9. The maximum atomic E-state index is 12.2. The van der Waals surface area contributed by atoms with Crippen LogP contribution >= 0.6 is 11.3 Å². The van der Waals surface area contributed by atoms with Crippen LogP contribution in [-0.2, 0) is 11.3 Å². The third-order valence-corrected chi connectivity index (χ3v) is 5.60. The molecule has 3 atom stereocenters. The van der Waals surface area contributed by atoms with Crippen LogP contribution < -0.4 is 5.32 Å². The predicted molar refractivity (Wildman–Crippen MR) is 92.0 cm³/mol. The molecule has 0 spiro atoms. The molecule has 1 heterocycles. The van der Waals surface area contributed by atoms with Crippen LogP contribution in [0.3, 0.4) is 0 Å². The van der Waals surface area contributed by atoms with Gasteiger partial charge >= 0.3 is 0 Å². The molecule has 1 saturated carbocycles. The first-order valence-electron chi connectivity index (χ1n) is 7.99. The van der Waals surface area contributed by atoms with E-state index in [9.17, 15) is 9.90 Å². The second-order valence-corrected chi connectivity index (χ2v) is 7.25. The molecule has 23 heavy (non-hydrogen) atoms. The number of amides is 1. The Morgan fingerprint density at radius 3 is 2.65 bits per heavy atom. The van der Waals surface area contributed by atoms with Gasteiger partial charge in [-0.1, -0.05) is 31.2 Å². The van der Waals surface area contributed by atoms with E-state index < -0.39 is 0 Å². The van der Waals surface area contributed by atoms with Crippen molar-refractivity contribution in [3.8, 4) is 10.4 Å². The molecular weight excluding hydrogens is 308 g/mol. The molecule has 0 bridgehead atoms. The zero-order valence-corrected chi connectivity index (χ0v) is 14.3. The molecule has 1 fully saturated rings. The summed E-state index contributed by atoms with van der Waals surface area (Å²) in [4.78, 5) is 17.7. The third kappa shape index (κ3) is 3.62. The number of aryl methyl sites for hydroxylation is 1. The Hall–Kier alpha value is -1.72. The van der Waals surface area contributed by atoms with Crippen molar-refractivity contribution < 1.29 is 9.90 Å². The van der Waals surface area contributed by atoms with Crippen LogP contribution in [0.25, 0.3) is 10.4 Å². The molecule has 1 aromatic carbocycles. The number of rotatable bonds is 4. The average Bonchev–Trinajstić information content (AvgIpc) is 3.10. The number of nitrogens with zero attached hydrogens (tertiary/aromatic N) is 1. The van der Waals surface area contributed by atoms with Crippen LogP contribution in [0.2, 0.25) is 0 Å². The zero-order valence-electron chi connectivity index (χ0n) is 13.5. The van der Waals surface area contributed by atoms with E-state index in [2.05, 4.69) is 22.4 Å². The lowest BCUT2D eigenvalue weighted by molar-refractivity contribution is -0.126. The highest BCUT2D eigenvalue weighted by Gasteiger charge is 2.34. The maximum Gasteiger partial charge on any atom is 0.223 e. The number of aromatic nitrogens is 1. The molecule has 1 aliphatic carbocycles. The summed E-state index contributed by atoms with van der Waals surface area (Å²) in [6.07, 6.45) is 0.972. The fourth-order valence-corrected chi connectivity index (χ4v) is 4.07. The second-order valence-electron chi connectivity index (χ2n) is 6.39. The van der Waals surface area contributed by atoms with Gasteiger partial charge in [0.1, 0.15) is 0 Å². The van der Waals surface area contributed by atoms with E-state index in [0.717, 1.165) is 23.2 Å². The Morgan fingerprint density at radius 2 is 2.09 bits per heavy atom. The summed E-state index contributed by atoms with van der Waals surface area (Å²) in [7, 11) is 0. The van der Waals surface area contributed by atoms with Crippen molar-refractivity contribution in [3.05, 3.63) is 41.0 Å². The van der Waals surface area contributed by atoms with Gasteiger partial charge in [-0.3, -0.25) is 4.79 Å². The molecular formula is C18H22N2O2S. The lowest BCUT2D eigenvalue weighted by Crippen LogP contribution is -2.31. The van der Waals surface area contributed by atoms with Gasteiger partial charge in [0.15, 0.2) is 0 Å². The van der Waals surface area contributed by atoms with Crippen molar-refractivity contribution in [1.82, 2.24) is 10.3 Å². The minimum atomic E-state index is -0.331. The van der Waals surface area contributed by atoms with Crippen molar-refractivity contribution in [3.63, 3.8) is 0 Å². The van der Waals surface area contributed by atoms with Crippen molar-refractivity contribution in [2.24, 2.45) is 11.8 Å². The SMILES string of the molecule is Cc1ncsc1-c1ccc(CNC(=O)[C@@H]2C[C@@H](O)CC2C)cc1. The maximum absolute atomic E-state index is 12.2. The van der Waals surface area contributed by atoms with Gasteiger partial charge in [0, 0.05) is 12.5 Å². The van der Waals surface area contributed by atoms with Gasteiger partial charge < -0.3 is 10.4 Å². The fourth-order valence-electron chi connectivity index (χ4n) is 3.25. The first kappa shape index (κ1) is 16.1. The highest BCUT2D eigenvalue weighted by atomic mass is 32.1. The van der Waals surface area contributed by atoms with Crippen molar-refractivity contribution in [1.29, 1.82) is 0 Å². The molecule has 0 radical (unpaired) electrons. The number of aliphatic hydroxyl groups excluding tert-OH is 1. The highest BCUT2D eigenvalue weighted by Crippen LogP contribution is 2.32. The number of nitrogens with one attached hydrogen (secondary N) is 1. The molecule has 122 valence electrons. The largest absolute Gasteiger partial charge is 0.393 e. The van der Waals surface area contributed by atoms with Gasteiger partial charge in [-0.25, -0.2) is 4.98 Å². The van der Waals surface area contributed by atoms with E-state index in [4.69, 9.17) is 0 Å². The number of carbonyl (C=O) groups is 1. The third-order valence-electron chi connectivity index (χ3n) is 4.62. The minimum absolute atomic E-state index is 0.0522. The van der Waals surface area contributed by atoms with Gasteiger partial charge in [0.05, 0.1) is 22.2 Å². The van der Waals surface area contributed by atoms with Gasteiger partial charge in [0.2, 0.25) is 5.91 Å². The standard InChI is InChI=1S/C18H22N2O2S/c1-11-7-15(21)8-16(11)18(22)19-9-13-3-5-14(6-4-13)17-12(2)20-10-23-17/h3-6,10-11,15-16,21H,7-9H2,1-2H3,(H,19,22)/t11?,15-,16+/m0/s1. The summed E-state index contributed by atoms with van der Waals surface area (Å²) in [6, 6.07) is 8.23. The lowest BCUT2D eigenvalue weighted by atomic mass is 9.97. The smallest absolute Gasteiger partial charge is 0.223 e. The average molecular weight is 330 g/mol. The number of aliphatic hydroxyl groups is 1. The predicted octanol–water partition coefficient (Wildman–Crippen LogP) is 3.14. The molecule has 2 aromatic rings. The van der Waals surface area contributed by atoms with E-state index >= 15 is 0 Å². The van der Waals surface area contributed by atoms with Gasteiger partial charge in [-0.2, -0.15) is 0 Å². The highest BCUT2D eigenvalue weighted by molar-refractivity contribution is 7.13. The Kier molecular flexibility index (Phi) is 4.78. The molecule has 3 rings (SSSR count). The van der Waals surface area contributed by atoms with E-state index in [-0.39, 0.29) is 23.8 Å². The summed E-state index contributed by atoms with van der Waals surface area (Å²) < 4.78 is 0. The van der Waals surface area contributed by atoms with Gasteiger partial charge in [-0.15, -0.1) is 11.3 Å². The number of hydrogen-bond acceptors (Lipinski definition) is 4. The molecule has 1 aliphatic rings. The summed E-state index contributed by atoms with van der Waals surface area (Å²) in [5, 5.41) is 12.7. The first-order chi connectivity index (χ1) is 11.0. The summed E-state index contributed by atoms with van der Waals surface area (Å²) in [5.41, 5.74) is 5.14. The molecule has 1 amide bonds. The first-order valence-corrected chi connectivity index (χ1v) is 8.87. The fraction of sp³-hybridized carbons (Fsp3) is 0.444.